The summed E-state index contributed by atoms with van der Waals surface area (Å²) >= 11 is 0. The normalized spacial score (nSPS) is 10.9. The van der Waals surface area contributed by atoms with Crippen molar-refractivity contribution in [1.82, 2.24) is 5.43 Å². The SMILES string of the molecule is Cc1ccc(C(C)C)cc1OCC(=O)N/N=C/c1ccc(OC(=O)c2ccccc2F)cc1. The molecule has 0 bridgehead atoms. The molecular formula is C26H25FN2O4. The average molecular weight is 448 g/mol. The molecule has 33 heavy (non-hydrogen) atoms. The molecule has 0 aliphatic rings. The highest BCUT2D eigenvalue weighted by Gasteiger charge is 2.13. The van der Waals surface area contributed by atoms with Crippen molar-refractivity contribution in [2.24, 2.45) is 5.10 Å². The number of esters is 1. The quantitative estimate of drug-likeness (QED) is 0.228. The highest BCUT2D eigenvalue weighted by molar-refractivity contribution is 5.91. The van der Waals surface area contributed by atoms with Gasteiger partial charge in [0, 0.05) is 0 Å². The van der Waals surface area contributed by atoms with Gasteiger partial charge in [-0.25, -0.2) is 14.6 Å². The summed E-state index contributed by atoms with van der Waals surface area (Å²) in [5, 5.41) is 3.91. The number of carbonyl (C=O) groups is 2. The van der Waals surface area contributed by atoms with E-state index in [1.807, 2.05) is 25.1 Å². The van der Waals surface area contributed by atoms with Crippen LogP contribution in [0.1, 0.15) is 46.8 Å². The van der Waals surface area contributed by atoms with Gasteiger partial charge < -0.3 is 9.47 Å². The lowest BCUT2D eigenvalue weighted by molar-refractivity contribution is -0.123. The maximum Gasteiger partial charge on any atom is 0.346 e. The number of nitrogens with zero attached hydrogens (tertiary/aromatic N) is 1. The highest BCUT2D eigenvalue weighted by atomic mass is 19.1. The molecule has 0 aliphatic carbocycles. The first-order valence-electron chi connectivity index (χ1n) is 10.5. The van der Waals surface area contributed by atoms with Gasteiger partial charge in [-0.15, -0.1) is 0 Å². The summed E-state index contributed by atoms with van der Waals surface area (Å²) < 4.78 is 24.5. The van der Waals surface area contributed by atoms with Gasteiger partial charge in [0.1, 0.15) is 17.3 Å². The third-order valence-electron chi connectivity index (χ3n) is 4.82. The number of ether oxygens (including phenoxy) is 2. The van der Waals surface area contributed by atoms with Gasteiger partial charge >= 0.3 is 5.97 Å². The number of benzene rings is 3. The Morgan fingerprint density at radius 2 is 1.79 bits per heavy atom. The van der Waals surface area contributed by atoms with E-state index in [4.69, 9.17) is 9.47 Å². The van der Waals surface area contributed by atoms with Crippen LogP contribution in [0, 0.1) is 12.7 Å². The third kappa shape index (κ3) is 6.74. The second kappa shape index (κ2) is 11.0. The van der Waals surface area contributed by atoms with Crippen LogP contribution in [0.4, 0.5) is 4.39 Å². The van der Waals surface area contributed by atoms with E-state index in [9.17, 15) is 14.0 Å². The fourth-order valence-corrected chi connectivity index (χ4v) is 2.90. The van der Waals surface area contributed by atoms with Crippen LogP contribution in [0.15, 0.2) is 71.8 Å². The van der Waals surface area contributed by atoms with Crippen molar-refractivity contribution >= 4 is 18.1 Å². The van der Waals surface area contributed by atoms with Crippen molar-refractivity contribution < 1.29 is 23.5 Å². The van der Waals surface area contributed by atoms with Crippen LogP contribution < -0.4 is 14.9 Å². The Balaban J connectivity index is 1.49. The Kier molecular flexibility index (Phi) is 7.91. The monoisotopic (exact) mass is 448 g/mol. The van der Waals surface area contributed by atoms with E-state index >= 15 is 0 Å². The summed E-state index contributed by atoms with van der Waals surface area (Å²) in [6, 6.07) is 18.0. The zero-order chi connectivity index (χ0) is 23.8. The second-order valence-corrected chi connectivity index (χ2v) is 7.70. The molecule has 0 saturated heterocycles. The number of hydrazone groups is 1. The Bertz CT molecular complexity index is 1160. The number of hydrogen-bond acceptors (Lipinski definition) is 5. The number of amides is 1. The van der Waals surface area contributed by atoms with Gasteiger partial charge in [0.15, 0.2) is 6.61 Å². The molecule has 0 radical (unpaired) electrons. The number of halogens is 1. The Hall–Kier alpha value is -4.00. The van der Waals surface area contributed by atoms with Crippen LogP contribution in [0.2, 0.25) is 0 Å². The minimum Gasteiger partial charge on any atom is -0.483 e. The van der Waals surface area contributed by atoms with E-state index < -0.39 is 17.7 Å². The maximum atomic E-state index is 13.7. The molecule has 1 N–H and O–H groups in total. The van der Waals surface area contributed by atoms with Crippen LogP contribution >= 0.6 is 0 Å². The zero-order valence-electron chi connectivity index (χ0n) is 18.7. The highest BCUT2D eigenvalue weighted by Crippen LogP contribution is 2.24. The molecule has 0 fully saturated rings. The van der Waals surface area contributed by atoms with E-state index in [1.54, 1.807) is 30.3 Å². The Morgan fingerprint density at radius 3 is 2.48 bits per heavy atom. The van der Waals surface area contributed by atoms with Crippen molar-refractivity contribution in [1.29, 1.82) is 0 Å². The molecule has 0 heterocycles. The van der Waals surface area contributed by atoms with E-state index in [0.29, 0.717) is 17.2 Å². The first-order chi connectivity index (χ1) is 15.8. The summed E-state index contributed by atoms with van der Waals surface area (Å²) in [7, 11) is 0. The Labute approximate surface area is 192 Å². The van der Waals surface area contributed by atoms with Gasteiger partial charge in [-0.1, -0.05) is 38.1 Å². The van der Waals surface area contributed by atoms with E-state index in [0.717, 1.165) is 11.1 Å². The molecule has 170 valence electrons. The van der Waals surface area contributed by atoms with Crippen molar-refractivity contribution in [2.45, 2.75) is 26.7 Å². The maximum absolute atomic E-state index is 13.7. The van der Waals surface area contributed by atoms with Gasteiger partial charge in [0.2, 0.25) is 0 Å². The lowest BCUT2D eigenvalue weighted by Gasteiger charge is -2.12. The van der Waals surface area contributed by atoms with E-state index in [2.05, 4.69) is 24.4 Å². The summed E-state index contributed by atoms with van der Waals surface area (Å²) in [4.78, 5) is 24.1. The third-order valence-corrected chi connectivity index (χ3v) is 4.82. The molecule has 7 heteroatoms. The number of nitrogens with one attached hydrogen (secondary N) is 1. The molecular weight excluding hydrogens is 423 g/mol. The van der Waals surface area contributed by atoms with Gasteiger partial charge in [-0.3, -0.25) is 4.79 Å². The largest absolute Gasteiger partial charge is 0.483 e. The summed E-state index contributed by atoms with van der Waals surface area (Å²) in [5.41, 5.74) is 5.03. The number of carbonyl (C=O) groups excluding carboxylic acids is 2. The lowest BCUT2D eigenvalue weighted by Crippen LogP contribution is -2.24. The number of aryl methyl sites for hydroxylation is 1. The predicted octanol–water partition coefficient (Wildman–Crippen LogP) is 5.01. The van der Waals surface area contributed by atoms with Crippen LogP contribution in [0.3, 0.4) is 0 Å². The predicted molar refractivity (Wildman–Crippen MR) is 124 cm³/mol. The van der Waals surface area contributed by atoms with E-state index in [1.165, 1.54) is 24.4 Å². The molecule has 1 amide bonds. The van der Waals surface area contributed by atoms with Crippen LogP contribution in [0.25, 0.3) is 0 Å². The molecule has 0 atom stereocenters. The molecule has 3 aromatic rings. The van der Waals surface area contributed by atoms with Gasteiger partial charge in [-0.05, 0) is 72.0 Å². The molecule has 3 aromatic carbocycles. The smallest absolute Gasteiger partial charge is 0.346 e. The summed E-state index contributed by atoms with van der Waals surface area (Å²) in [6.07, 6.45) is 1.45. The fourth-order valence-electron chi connectivity index (χ4n) is 2.90. The van der Waals surface area contributed by atoms with Crippen LogP contribution in [-0.4, -0.2) is 24.7 Å². The number of rotatable bonds is 8. The molecule has 3 rings (SSSR count). The fraction of sp³-hybridized carbons (Fsp3) is 0.192. The second-order valence-electron chi connectivity index (χ2n) is 7.70. The molecule has 0 unspecified atom stereocenters. The molecule has 0 aromatic heterocycles. The van der Waals surface area contributed by atoms with Crippen molar-refractivity contribution in [3.05, 3.63) is 94.8 Å². The standard InChI is InChI=1S/C26H25FN2O4/c1-17(2)20-11-8-18(3)24(14-20)32-16-25(30)29-28-15-19-9-12-21(13-10-19)33-26(31)22-6-4-5-7-23(22)27/h4-15,17H,16H2,1-3H3,(H,29,30)/b28-15+. The first-order valence-corrected chi connectivity index (χ1v) is 10.5. The van der Waals surface area contributed by atoms with Gasteiger partial charge in [0.05, 0.1) is 11.8 Å². The van der Waals surface area contributed by atoms with Crippen LogP contribution in [0.5, 0.6) is 11.5 Å². The topological polar surface area (TPSA) is 77.0 Å². The lowest BCUT2D eigenvalue weighted by atomic mass is 10.0. The van der Waals surface area contributed by atoms with Crippen molar-refractivity contribution in [2.75, 3.05) is 6.61 Å². The Morgan fingerprint density at radius 1 is 1.06 bits per heavy atom. The van der Waals surface area contributed by atoms with Gasteiger partial charge in [0.25, 0.3) is 5.91 Å². The van der Waals surface area contributed by atoms with Crippen molar-refractivity contribution in [3.63, 3.8) is 0 Å². The van der Waals surface area contributed by atoms with Crippen LogP contribution in [-0.2, 0) is 4.79 Å². The molecule has 6 nitrogen and oxygen atoms in total. The minimum absolute atomic E-state index is 0.140. The minimum atomic E-state index is -0.782. The summed E-state index contributed by atoms with van der Waals surface area (Å²) in [6.45, 7) is 5.95. The number of hydrogen-bond donors (Lipinski definition) is 1. The van der Waals surface area contributed by atoms with Gasteiger partial charge in [-0.2, -0.15) is 5.10 Å². The first kappa shape index (κ1) is 23.7. The van der Waals surface area contributed by atoms with Crippen molar-refractivity contribution in [3.8, 4) is 11.5 Å². The molecule has 0 saturated carbocycles. The average Bonchev–Trinajstić information content (AvgIpc) is 2.79. The zero-order valence-corrected chi connectivity index (χ0v) is 18.7. The van der Waals surface area contributed by atoms with E-state index in [-0.39, 0.29) is 17.9 Å². The molecule has 0 spiro atoms. The molecule has 0 aliphatic heterocycles. The summed E-state index contributed by atoms with van der Waals surface area (Å²) in [5.74, 6) is -0.528.